The van der Waals surface area contributed by atoms with E-state index in [0.717, 1.165) is 18.2 Å². The minimum Gasteiger partial charge on any atom is -0.330 e. The molecule has 0 heterocycles. The first-order valence-electron chi connectivity index (χ1n) is 4.90. The lowest BCUT2D eigenvalue weighted by atomic mass is 10.1. The number of amides is 1. The third kappa shape index (κ3) is 3.22. The van der Waals surface area contributed by atoms with E-state index in [0.29, 0.717) is 0 Å². The number of nitrogens with zero attached hydrogens (tertiary/aromatic N) is 1. The van der Waals surface area contributed by atoms with E-state index >= 15 is 0 Å². The number of nitro groups is 1. The summed E-state index contributed by atoms with van der Waals surface area (Å²) < 4.78 is 12.8. The first-order chi connectivity index (χ1) is 7.95. The molecule has 1 unspecified atom stereocenters. The first kappa shape index (κ1) is 13.0. The lowest BCUT2D eigenvalue weighted by Gasteiger charge is -2.09. The molecule has 92 valence electrons. The van der Waals surface area contributed by atoms with Crippen LogP contribution in [-0.2, 0) is 4.79 Å². The summed E-state index contributed by atoms with van der Waals surface area (Å²) >= 11 is 0. The molecule has 7 heteroatoms. The number of hydrogen-bond donors (Lipinski definition) is 2. The van der Waals surface area contributed by atoms with Gasteiger partial charge in [-0.25, -0.2) is 4.39 Å². The maximum absolute atomic E-state index is 12.8. The van der Waals surface area contributed by atoms with Crippen LogP contribution in [0.25, 0.3) is 0 Å². The van der Waals surface area contributed by atoms with Crippen LogP contribution in [0.5, 0.6) is 0 Å². The second-order valence-electron chi connectivity index (χ2n) is 3.54. The van der Waals surface area contributed by atoms with Crippen LogP contribution >= 0.6 is 0 Å². The number of anilines is 1. The third-order valence-electron chi connectivity index (χ3n) is 2.22. The zero-order valence-electron chi connectivity index (χ0n) is 9.14. The predicted octanol–water partition coefficient (Wildman–Crippen LogP) is 1.27. The van der Waals surface area contributed by atoms with Gasteiger partial charge in [0.15, 0.2) is 0 Å². The fourth-order valence-electron chi connectivity index (χ4n) is 1.12. The minimum atomic E-state index is -0.758. The van der Waals surface area contributed by atoms with Crippen molar-refractivity contribution in [1.29, 1.82) is 0 Å². The Morgan fingerprint density at radius 3 is 2.82 bits per heavy atom. The van der Waals surface area contributed by atoms with E-state index in [4.69, 9.17) is 5.73 Å². The standard InChI is InChI=1S/C10H12FN3O3/c1-6(5-12)10(15)13-8-3-2-7(11)4-9(8)14(16)17/h2-4,6H,5,12H2,1H3,(H,13,15). The first-order valence-corrected chi connectivity index (χ1v) is 4.90. The van der Waals surface area contributed by atoms with E-state index in [1.807, 2.05) is 0 Å². The molecule has 17 heavy (non-hydrogen) atoms. The summed E-state index contributed by atoms with van der Waals surface area (Å²) in [6.45, 7) is 1.71. The fraction of sp³-hybridized carbons (Fsp3) is 0.300. The highest BCUT2D eigenvalue weighted by molar-refractivity contribution is 5.94. The van der Waals surface area contributed by atoms with Crippen molar-refractivity contribution >= 4 is 17.3 Å². The number of benzene rings is 1. The Balaban J connectivity index is 2.98. The third-order valence-corrected chi connectivity index (χ3v) is 2.22. The summed E-state index contributed by atoms with van der Waals surface area (Å²) in [4.78, 5) is 21.4. The zero-order valence-corrected chi connectivity index (χ0v) is 9.14. The molecule has 6 nitrogen and oxygen atoms in total. The Bertz CT molecular complexity index is 450. The predicted molar refractivity (Wildman–Crippen MR) is 59.9 cm³/mol. The number of carbonyl (C=O) groups is 1. The smallest absolute Gasteiger partial charge is 0.295 e. The molecule has 1 aromatic rings. The van der Waals surface area contributed by atoms with Gasteiger partial charge < -0.3 is 11.1 Å². The van der Waals surface area contributed by atoms with E-state index < -0.39 is 28.3 Å². The van der Waals surface area contributed by atoms with Gasteiger partial charge >= 0.3 is 0 Å². The molecule has 1 atom stereocenters. The number of nitro benzene ring substituents is 1. The maximum Gasteiger partial charge on any atom is 0.295 e. The number of hydrogen-bond acceptors (Lipinski definition) is 4. The number of carbonyl (C=O) groups excluding carboxylic acids is 1. The number of nitrogens with one attached hydrogen (secondary N) is 1. The Kier molecular flexibility index (Phi) is 4.11. The molecule has 0 radical (unpaired) electrons. The summed E-state index contributed by atoms with van der Waals surface area (Å²) in [7, 11) is 0. The summed E-state index contributed by atoms with van der Waals surface area (Å²) in [5.41, 5.74) is 4.77. The topological polar surface area (TPSA) is 98.3 Å². The highest BCUT2D eigenvalue weighted by Gasteiger charge is 2.19. The van der Waals surface area contributed by atoms with Crippen LogP contribution in [0.3, 0.4) is 0 Å². The van der Waals surface area contributed by atoms with E-state index in [1.165, 1.54) is 0 Å². The van der Waals surface area contributed by atoms with Crippen LogP contribution in [0.2, 0.25) is 0 Å². The van der Waals surface area contributed by atoms with Crippen LogP contribution in [-0.4, -0.2) is 17.4 Å². The van der Waals surface area contributed by atoms with Crippen molar-refractivity contribution in [3.05, 3.63) is 34.1 Å². The van der Waals surface area contributed by atoms with E-state index in [9.17, 15) is 19.3 Å². The van der Waals surface area contributed by atoms with Crippen molar-refractivity contribution in [2.45, 2.75) is 6.92 Å². The van der Waals surface area contributed by atoms with E-state index in [1.54, 1.807) is 6.92 Å². The summed E-state index contributed by atoms with van der Waals surface area (Å²) in [6.07, 6.45) is 0. The monoisotopic (exact) mass is 241 g/mol. The zero-order chi connectivity index (χ0) is 13.0. The second kappa shape index (κ2) is 5.35. The average Bonchev–Trinajstić information content (AvgIpc) is 2.29. The largest absolute Gasteiger partial charge is 0.330 e. The van der Waals surface area contributed by atoms with E-state index in [2.05, 4.69) is 5.32 Å². The van der Waals surface area contributed by atoms with Gasteiger partial charge in [0, 0.05) is 12.5 Å². The average molecular weight is 241 g/mol. The molecule has 0 saturated heterocycles. The molecule has 0 bridgehead atoms. The van der Waals surface area contributed by atoms with Crippen LogP contribution in [0.1, 0.15) is 6.92 Å². The molecule has 1 rings (SSSR count). The Hall–Kier alpha value is -2.02. The Morgan fingerprint density at radius 2 is 2.29 bits per heavy atom. The van der Waals surface area contributed by atoms with Crippen molar-refractivity contribution in [2.24, 2.45) is 11.7 Å². The van der Waals surface area contributed by atoms with Crippen LogP contribution < -0.4 is 11.1 Å². The number of halogens is 1. The van der Waals surface area contributed by atoms with Gasteiger partial charge in [0.25, 0.3) is 5.69 Å². The molecule has 0 saturated carbocycles. The van der Waals surface area contributed by atoms with Crippen LogP contribution in [0, 0.1) is 21.8 Å². The van der Waals surface area contributed by atoms with Gasteiger partial charge in [0.05, 0.1) is 11.0 Å². The van der Waals surface area contributed by atoms with Crippen molar-refractivity contribution < 1.29 is 14.1 Å². The normalized spacial score (nSPS) is 11.9. The highest BCUT2D eigenvalue weighted by atomic mass is 19.1. The van der Waals surface area contributed by atoms with Crippen molar-refractivity contribution in [3.63, 3.8) is 0 Å². The van der Waals surface area contributed by atoms with Gasteiger partial charge in [-0.2, -0.15) is 0 Å². The fourth-order valence-corrected chi connectivity index (χ4v) is 1.12. The summed E-state index contributed by atoms with van der Waals surface area (Å²) in [6, 6.07) is 2.94. The van der Waals surface area contributed by atoms with Crippen LogP contribution in [0.15, 0.2) is 18.2 Å². The minimum absolute atomic E-state index is 0.0401. The lowest BCUT2D eigenvalue weighted by molar-refractivity contribution is -0.384. The molecule has 0 aliphatic heterocycles. The maximum atomic E-state index is 12.8. The molecule has 0 spiro atoms. The van der Waals surface area contributed by atoms with Crippen molar-refractivity contribution in [3.8, 4) is 0 Å². The SMILES string of the molecule is CC(CN)C(=O)Nc1ccc(F)cc1[N+](=O)[O-]. The molecular formula is C10H12FN3O3. The van der Waals surface area contributed by atoms with Gasteiger partial charge in [0.1, 0.15) is 11.5 Å². The summed E-state index contributed by atoms with van der Waals surface area (Å²) in [5.74, 6) is -1.65. The quantitative estimate of drug-likeness (QED) is 0.612. The Morgan fingerprint density at radius 1 is 1.65 bits per heavy atom. The van der Waals surface area contributed by atoms with Gasteiger partial charge in [-0.1, -0.05) is 6.92 Å². The number of rotatable bonds is 4. The molecule has 1 aromatic carbocycles. The van der Waals surface area contributed by atoms with Gasteiger partial charge in [-0.3, -0.25) is 14.9 Å². The van der Waals surface area contributed by atoms with Crippen molar-refractivity contribution in [2.75, 3.05) is 11.9 Å². The second-order valence-corrected chi connectivity index (χ2v) is 3.54. The van der Waals surface area contributed by atoms with Crippen molar-refractivity contribution in [1.82, 2.24) is 0 Å². The molecule has 0 aliphatic rings. The number of nitrogens with two attached hydrogens (primary N) is 1. The van der Waals surface area contributed by atoms with Gasteiger partial charge in [-0.05, 0) is 12.1 Å². The Labute approximate surface area is 96.8 Å². The molecule has 1 amide bonds. The van der Waals surface area contributed by atoms with Crippen LogP contribution in [0.4, 0.5) is 15.8 Å². The molecule has 0 fully saturated rings. The summed E-state index contributed by atoms with van der Waals surface area (Å²) in [5, 5.41) is 13.0. The molecular weight excluding hydrogens is 229 g/mol. The van der Waals surface area contributed by atoms with Gasteiger partial charge in [0.2, 0.25) is 5.91 Å². The molecule has 0 aliphatic carbocycles. The molecule has 3 N–H and O–H groups in total. The highest BCUT2D eigenvalue weighted by Crippen LogP contribution is 2.25. The van der Waals surface area contributed by atoms with Gasteiger partial charge in [-0.15, -0.1) is 0 Å². The molecule has 0 aromatic heterocycles. The lowest BCUT2D eigenvalue weighted by Crippen LogP contribution is -2.27. The van der Waals surface area contributed by atoms with E-state index in [-0.39, 0.29) is 12.2 Å².